The molecule has 1 aliphatic rings. The van der Waals surface area contributed by atoms with Gasteiger partial charge in [-0.25, -0.2) is 0 Å². The fourth-order valence-electron chi connectivity index (χ4n) is 2.30. The molecule has 0 fully saturated rings. The van der Waals surface area contributed by atoms with E-state index < -0.39 is 0 Å². The summed E-state index contributed by atoms with van der Waals surface area (Å²) in [6.45, 7) is 0.234. The van der Waals surface area contributed by atoms with Gasteiger partial charge in [0, 0.05) is 5.57 Å². The van der Waals surface area contributed by atoms with Gasteiger partial charge in [0.1, 0.15) is 18.1 Å². The van der Waals surface area contributed by atoms with E-state index in [1.807, 2.05) is 0 Å². The van der Waals surface area contributed by atoms with Gasteiger partial charge in [0.15, 0.2) is 5.78 Å². The van der Waals surface area contributed by atoms with E-state index in [0.29, 0.717) is 28.2 Å². The molecule has 0 amide bonds. The van der Waals surface area contributed by atoms with E-state index in [9.17, 15) is 4.79 Å². The average molecular weight is 291 g/mol. The minimum atomic E-state index is -0.0653. The van der Waals surface area contributed by atoms with E-state index in [0.717, 1.165) is 5.56 Å². The molecule has 4 heteroatoms. The third-order valence-electron chi connectivity index (χ3n) is 3.49. The fraction of sp³-hybridized carbons (Fsp3) is 0.111. The summed E-state index contributed by atoms with van der Waals surface area (Å²) in [6, 6.07) is 14.3. The Balaban J connectivity index is 1.94. The van der Waals surface area contributed by atoms with Crippen LogP contribution < -0.4 is 9.47 Å². The Morgan fingerprint density at radius 1 is 1.23 bits per heavy atom. The SMILES string of the molecule is COc1ccc2c(c1)C(=O)/C(=C/c1ccc(C#N)cc1)CO2. The highest BCUT2D eigenvalue weighted by molar-refractivity contribution is 6.14. The van der Waals surface area contributed by atoms with E-state index in [2.05, 4.69) is 6.07 Å². The number of nitriles is 1. The molecule has 1 aliphatic heterocycles. The van der Waals surface area contributed by atoms with Crippen LogP contribution in [0.3, 0.4) is 0 Å². The summed E-state index contributed by atoms with van der Waals surface area (Å²) in [5, 5.41) is 8.80. The van der Waals surface area contributed by atoms with Gasteiger partial charge in [-0.2, -0.15) is 5.26 Å². The Kier molecular flexibility index (Phi) is 3.63. The van der Waals surface area contributed by atoms with E-state index in [-0.39, 0.29) is 12.4 Å². The van der Waals surface area contributed by atoms with Crippen LogP contribution in [0.15, 0.2) is 48.0 Å². The number of ketones is 1. The topological polar surface area (TPSA) is 59.3 Å². The van der Waals surface area contributed by atoms with Crippen molar-refractivity contribution in [3.05, 3.63) is 64.7 Å². The van der Waals surface area contributed by atoms with E-state index in [4.69, 9.17) is 14.7 Å². The lowest BCUT2D eigenvalue weighted by Gasteiger charge is -2.19. The molecule has 1 heterocycles. The summed E-state index contributed by atoms with van der Waals surface area (Å²) in [6.07, 6.45) is 1.78. The number of carbonyl (C=O) groups excluding carboxylic acids is 1. The van der Waals surface area contributed by atoms with Gasteiger partial charge in [-0.3, -0.25) is 4.79 Å². The van der Waals surface area contributed by atoms with E-state index >= 15 is 0 Å². The zero-order valence-electron chi connectivity index (χ0n) is 12.0. The molecular weight excluding hydrogens is 278 g/mol. The Bertz CT molecular complexity index is 798. The molecule has 108 valence electrons. The fourth-order valence-corrected chi connectivity index (χ4v) is 2.30. The highest BCUT2D eigenvalue weighted by Crippen LogP contribution is 2.31. The normalized spacial score (nSPS) is 14.9. The molecule has 4 nitrogen and oxygen atoms in total. The van der Waals surface area contributed by atoms with Crippen LogP contribution in [0.2, 0.25) is 0 Å². The third-order valence-corrected chi connectivity index (χ3v) is 3.49. The molecule has 0 radical (unpaired) electrons. The van der Waals surface area contributed by atoms with Crippen molar-refractivity contribution in [2.45, 2.75) is 0 Å². The maximum atomic E-state index is 12.6. The zero-order chi connectivity index (χ0) is 15.5. The molecule has 0 bridgehead atoms. The van der Waals surface area contributed by atoms with Crippen LogP contribution in [-0.4, -0.2) is 19.5 Å². The van der Waals surface area contributed by atoms with Gasteiger partial charge in [0.25, 0.3) is 0 Å². The summed E-state index contributed by atoms with van der Waals surface area (Å²) >= 11 is 0. The molecule has 3 rings (SSSR count). The highest BCUT2D eigenvalue weighted by Gasteiger charge is 2.23. The summed E-state index contributed by atoms with van der Waals surface area (Å²) < 4.78 is 10.8. The van der Waals surface area contributed by atoms with Gasteiger partial charge in [-0.05, 0) is 42.0 Å². The number of fused-ring (bicyclic) bond motifs is 1. The number of nitrogens with zero attached hydrogens (tertiary/aromatic N) is 1. The van der Waals surface area contributed by atoms with Gasteiger partial charge in [-0.1, -0.05) is 12.1 Å². The van der Waals surface area contributed by atoms with E-state index in [1.165, 1.54) is 0 Å². The smallest absolute Gasteiger partial charge is 0.196 e. The Morgan fingerprint density at radius 3 is 2.68 bits per heavy atom. The van der Waals surface area contributed by atoms with Crippen LogP contribution in [0.5, 0.6) is 11.5 Å². The predicted molar refractivity (Wildman–Crippen MR) is 82.0 cm³/mol. The zero-order valence-corrected chi connectivity index (χ0v) is 12.0. The third kappa shape index (κ3) is 2.57. The second kappa shape index (κ2) is 5.74. The van der Waals surface area contributed by atoms with Crippen molar-refractivity contribution in [3.8, 4) is 17.6 Å². The lowest BCUT2D eigenvalue weighted by atomic mass is 9.98. The molecule has 2 aromatic rings. The van der Waals surface area contributed by atoms with Crippen LogP contribution in [0.25, 0.3) is 6.08 Å². The first-order chi connectivity index (χ1) is 10.7. The lowest BCUT2D eigenvalue weighted by Crippen LogP contribution is -2.19. The van der Waals surface area contributed by atoms with Gasteiger partial charge in [0.05, 0.1) is 24.3 Å². The van der Waals surface area contributed by atoms with Crippen LogP contribution in [0, 0.1) is 11.3 Å². The van der Waals surface area contributed by atoms with Crippen molar-refractivity contribution < 1.29 is 14.3 Å². The second-order valence-electron chi connectivity index (χ2n) is 4.88. The molecule has 0 spiro atoms. The largest absolute Gasteiger partial charge is 0.497 e. The first kappa shape index (κ1) is 13.9. The molecular formula is C18H13NO3. The van der Waals surface area contributed by atoms with Crippen LogP contribution in [-0.2, 0) is 0 Å². The number of Topliss-reactive ketones (excluding diaryl/α,β-unsaturated/α-hetero) is 1. The second-order valence-corrected chi connectivity index (χ2v) is 4.88. The Hall–Kier alpha value is -3.06. The number of hydrogen-bond donors (Lipinski definition) is 0. The summed E-state index contributed by atoms with van der Waals surface area (Å²) in [4.78, 5) is 12.6. The Labute approximate surface area is 128 Å². The molecule has 0 atom stereocenters. The minimum absolute atomic E-state index is 0.0653. The lowest BCUT2D eigenvalue weighted by molar-refractivity contribution is 0.100. The maximum Gasteiger partial charge on any atom is 0.196 e. The molecule has 22 heavy (non-hydrogen) atoms. The average Bonchev–Trinajstić information content (AvgIpc) is 2.58. The van der Waals surface area contributed by atoms with Crippen molar-refractivity contribution in [2.24, 2.45) is 0 Å². The van der Waals surface area contributed by atoms with Gasteiger partial charge in [0.2, 0.25) is 0 Å². The quantitative estimate of drug-likeness (QED) is 0.797. The van der Waals surface area contributed by atoms with Crippen molar-refractivity contribution >= 4 is 11.9 Å². The van der Waals surface area contributed by atoms with Gasteiger partial charge in [-0.15, -0.1) is 0 Å². The number of ether oxygens (including phenoxy) is 2. The number of rotatable bonds is 2. The molecule has 0 unspecified atom stereocenters. The van der Waals surface area contributed by atoms with Crippen LogP contribution >= 0.6 is 0 Å². The molecule has 0 aromatic heterocycles. The molecule has 0 aliphatic carbocycles. The first-order valence-electron chi connectivity index (χ1n) is 6.77. The highest BCUT2D eigenvalue weighted by atomic mass is 16.5. The monoisotopic (exact) mass is 291 g/mol. The molecule has 0 saturated heterocycles. The summed E-state index contributed by atoms with van der Waals surface area (Å²) in [5.41, 5.74) is 2.52. The first-order valence-corrected chi connectivity index (χ1v) is 6.77. The van der Waals surface area contributed by atoms with Crippen LogP contribution in [0.1, 0.15) is 21.5 Å². The minimum Gasteiger partial charge on any atom is -0.497 e. The van der Waals surface area contributed by atoms with Crippen molar-refractivity contribution in [2.75, 3.05) is 13.7 Å². The number of benzene rings is 2. The van der Waals surface area contributed by atoms with Crippen molar-refractivity contribution in [1.29, 1.82) is 5.26 Å². The van der Waals surface area contributed by atoms with Crippen molar-refractivity contribution in [3.63, 3.8) is 0 Å². The molecule has 2 aromatic carbocycles. The van der Waals surface area contributed by atoms with Crippen LogP contribution in [0.4, 0.5) is 0 Å². The predicted octanol–water partition coefficient (Wildman–Crippen LogP) is 3.23. The van der Waals surface area contributed by atoms with E-state index in [1.54, 1.807) is 55.7 Å². The summed E-state index contributed by atoms with van der Waals surface area (Å²) in [5.74, 6) is 1.13. The number of hydrogen-bond acceptors (Lipinski definition) is 4. The standard InChI is InChI=1S/C18H13NO3/c1-21-15-6-7-17-16(9-15)18(20)14(11-22-17)8-12-2-4-13(10-19)5-3-12/h2-9H,11H2,1H3/b14-8+. The maximum absolute atomic E-state index is 12.6. The number of carbonyl (C=O) groups is 1. The van der Waals surface area contributed by atoms with Crippen molar-refractivity contribution in [1.82, 2.24) is 0 Å². The molecule has 0 saturated carbocycles. The summed E-state index contributed by atoms with van der Waals surface area (Å²) in [7, 11) is 1.56. The number of methoxy groups -OCH3 is 1. The van der Waals surface area contributed by atoms with Gasteiger partial charge >= 0.3 is 0 Å². The van der Waals surface area contributed by atoms with Gasteiger partial charge < -0.3 is 9.47 Å². The molecule has 0 N–H and O–H groups in total. The Morgan fingerprint density at radius 2 is 2.00 bits per heavy atom.